The van der Waals surface area contributed by atoms with E-state index in [9.17, 15) is 9.18 Å². The van der Waals surface area contributed by atoms with Crippen LogP contribution in [0.1, 0.15) is 41.6 Å². The molecule has 0 fully saturated rings. The Labute approximate surface area is 233 Å². The van der Waals surface area contributed by atoms with Crippen LogP contribution in [0.5, 0.6) is 5.75 Å². The second kappa shape index (κ2) is 9.82. The van der Waals surface area contributed by atoms with E-state index in [4.69, 9.17) is 9.73 Å². The minimum Gasteiger partial charge on any atom is -0.492 e. The summed E-state index contributed by atoms with van der Waals surface area (Å²) in [6, 6.07) is 18.3. The minimum atomic E-state index is -0.344. The normalized spacial score (nSPS) is 16.6. The van der Waals surface area contributed by atoms with Crippen molar-refractivity contribution in [3.63, 3.8) is 0 Å². The molecule has 1 aliphatic heterocycles. The summed E-state index contributed by atoms with van der Waals surface area (Å²) in [6.07, 6.45) is 3.52. The standard InChI is InChI=1S/C29H21Br2FN2O2S/c1-2-36-27-18(13-19(30)15-23(27)31)14-24-28(35)34-26(17-7-10-20(32)11-8-17)22-12-9-16-5-3-4-6-21(16)25(22)33-29(34)37-24/h3-8,10-11,13-15,26H,2,9,12H2,1H3/b24-14+/t26-/m0/s1. The van der Waals surface area contributed by atoms with E-state index in [0.717, 1.165) is 49.7 Å². The largest absolute Gasteiger partial charge is 0.492 e. The number of nitrogens with zero attached hydrogens (tertiary/aromatic N) is 2. The highest BCUT2D eigenvalue weighted by Gasteiger charge is 2.32. The van der Waals surface area contributed by atoms with Crippen LogP contribution in [0, 0.1) is 5.82 Å². The van der Waals surface area contributed by atoms with Gasteiger partial charge in [0, 0.05) is 15.6 Å². The van der Waals surface area contributed by atoms with E-state index in [1.165, 1.54) is 29.0 Å². The lowest BCUT2D eigenvalue weighted by Gasteiger charge is -2.30. The van der Waals surface area contributed by atoms with Crippen LogP contribution in [0.3, 0.4) is 0 Å². The predicted octanol–water partition coefficient (Wildman–Crippen LogP) is 6.38. The number of benzene rings is 3. The first kappa shape index (κ1) is 24.5. The van der Waals surface area contributed by atoms with Gasteiger partial charge in [0.2, 0.25) is 0 Å². The molecule has 0 bridgehead atoms. The molecule has 1 aliphatic carbocycles. The monoisotopic (exact) mass is 638 g/mol. The summed E-state index contributed by atoms with van der Waals surface area (Å²) < 4.78 is 23.7. The zero-order chi connectivity index (χ0) is 25.7. The third-order valence-corrected chi connectivity index (χ3v) is 8.70. The third-order valence-electron chi connectivity index (χ3n) is 6.67. The molecule has 0 N–H and O–H groups in total. The Morgan fingerprint density at radius 3 is 2.70 bits per heavy atom. The van der Waals surface area contributed by atoms with Gasteiger partial charge in [-0.25, -0.2) is 9.38 Å². The second-order valence-electron chi connectivity index (χ2n) is 8.90. The van der Waals surface area contributed by atoms with Crippen LogP contribution in [0.25, 0.3) is 11.8 Å². The van der Waals surface area contributed by atoms with Crippen molar-refractivity contribution in [3.05, 3.63) is 123 Å². The van der Waals surface area contributed by atoms with Crippen molar-refractivity contribution in [3.8, 4) is 5.75 Å². The van der Waals surface area contributed by atoms with Crippen molar-refractivity contribution in [2.45, 2.75) is 25.8 Å². The molecule has 0 spiro atoms. The lowest BCUT2D eigenvalue weighted by molar-refractivity contribution is 0.337. The number of ether oxygens (including phenoxy) is 1. The van der Waals surface area contributed by atoms with E-state index in [1.807, 2.05) is 37.3 Å². The molecule has 3 aromatic carbocycles. The van der Waals surface area contributed by atoms with Crippen LogP contribution in [0.4, 0.5) is 4.39 Å². The van der Waals surface area contributed by atoms with E-state index in [1.54, 1.807) is 16.7 Å². The average Bonchev–Trinajstić information content (AvgIpc) is 3.20. The van der Waals surface area contributed by atoms with Crippen LogP contribution in [0.2, 0.25) is 0 Å². The number of hydrogen-bond acceptors (Lipinski definition) is 4. The van der Waals surface area contributed by atoms with E-state index >= 15 is 0 Å². The van der Waals surface area contributed by atoms with Crippen LogP contribution < -0.4 is 19.6 Å². The smallest absolute Gasteiger partial charge is 0.271 e. The molecule has 1 aromatic heterocycles. The summed E-state index contributed by atoms with van der Waals surface area (Å²) in [5, 5.41) is 0. The number of aromatic nitrogens is 1. The number of aryl methyl sites for hydroxylation is 1. The van der Waals surface area contributed by atoms with Crippen molar-refractivity contribution >= 4 is 55.0 Å². The molecule has 0 unspecified atom stereocenters. The average molecular weight is 640 g/mol. The summed E-state index contributed by atoms with van der Waals surface area (Å²) in [5.41, 5.74) is 5.90. The maximum absolute atomic E-state index is 13.9. The molecule has 0 amide bonds. The van der Waals surface area contributed by atoms with Gasteiger partial charge in [0.15, 0.2) is 4.80 Å². The molecule has 0 radical (unpaired) electrons. The summed E-state index contributed by atoms with van der Waals surface area (Å²) in [6.45, 7) is 2.43. The van der Waals surface area contributed by atoms with Crippen molar-refractivity contribution < 1.29 is 9.13 Å². The molecule has 4 nitrogen and oxygen atoms in total. The molecule has 2 heterocycles. The third kappa shape index (κ3) is 4.35. The quantitative estimate of drug-likeness (QED) is 0.260. The molecule has 8 heteroatoms. The van der Waals surface area contributed by atoms with Crippen molar-refractivity contribution in [1.82, 2.24) is 4.57 Å². The Morgan fingerprint density at radius 2 is 1.92 bits per heavy atom. The van der Waals surface area contributed by atoms with Gasteiger partial charge < -0.3 is 4.74 Å². The Hall–Kier alpha value is -2.81. The van der Waals surface area contributed by atoms with E-state index in [-0.39, 0.29) is 17.4 Å². The SMILES string of the molecule is CCOc1c(Br)cc(Br)cc1/C=c1/sc2n(c1=O)[C@@H](c1ccc(F)cc1)C1=C(N=2)c2ccccc2CC1. The highest BCUT2D eigenvalue weighted by atomic mass is 79.9. The fraction of sp³-hybridized carbons (Fsp3) is 0.172. The number of fused-ring (bicyclic) bond motifs is 3. The highest BCUT2D eigenvalue weighted by Crippen LogP contribution is 2.41. The van der Waals surface area contributed by atoms with Crippen molar-refractivity contribution in [2.24, 2.45) is 4.99 Å². The van der Waals surface area contributed by atoms with Crippen LogP contribution in [-0.2, 0) is 6.42 Å². The minimum absolute atomic E-state index is 0.123. The first-order valence-corrected chi connectivity index (χ1v) is 14.3. The number of allylic oxidation sites excluding steroid dienone is 1. The van der Waals surface area contributed by atoms with Gasteiger partial charge in [-0.1, -0.05) is 63.7 Å². The summed E-state index contributed by atoms with van der Waals surface area (Å²) >= 11 is 8.49. The fourth-order valence-corrected chi connectivity index (χ4v) is 7.46. The van der Waals surface area contributed by atoms with E-state index in [2.05, 4.69) is 44.0 Å². The Bertz CT molecular complexity index is 1760. The molecule has 0 saturated heterocycles. The second-order valence-corrected chi connectivity index (χ2v) is 11.7. The van der Waals surface area contributed by atoms with Gasteiger partial charge >= 0.3 is 0 Å². The van der Waals surface area contributed by atoms with Crippen molar-refractivity contribution in [2.75, 3.05) is 6.61 Å². The Balaban J connectivity index is 1.62. The van der Waals surface area contributed by atoms with Gasteiger partial charge in [0.1, 0.15) is 11.6 Å². The van der Waals surface area contributed by atoms with E-state index < -0.39 is 0 Å². The van der Waals surface area contributed by atoms with Gasteiger partial charge in [0.05, 0.1) is 27.4 Å². The number of hydrogen-bond donors (Lipinski definition) is 0. The molecule has 4 aromatic rings. The van der Waals surface area contributed by atoms with Gasteiger partial charge in [-0.15, -0.1) is 0 Å². The van der Waals surface area contributed by atoms with Crippen LogP contribution >= 0.6 is 43.2 Å². The highest BCUT2D eigenvalue weighted by molar-refractivity contribution is 9.11. The molecular weight excluding hydrogens is 619 g/mol. The fourth-order valence-electron chi connectivity index (χ4n) is 5.09. The number of halogens is 3. The van der Waals surface area contributed by atoms with Gasteiger partial charge in [0.25, 0.3) is 5.56 Å². The Morgan fingerprint density at radius 1 is 1.14 bits per heavy atom. The molecular formula is C29H21Br2FN2O2S. The first-order valence-electron chi connectivity index (χ1n) is 11.9. The van der Waals surface area contributed by atoms with Crippen LogP contribution in [0.15, 0.2) is 85.0 Å². The Kier molecular flexibility index (Phi) is 6.51. The zero-order valence-corrected chi connectivity index (χ0v) is 23.8. The molecule has 1 atom stereocenters. The number of thiazole rings is 1. The maximum atomic E-state index is 13.9. The molecule has 2 aliphatic rings. The van der Waals surface area contributed by atoms with Gasteiger partial charge in [-0.2, -0.15) is 0 Å². The lowest BCUT2D eigenvalue weighted by atomic mass is 9.83. The lowest BCUT2D eigenvalue weighted by Crippen LogP contribution is -2.38. The predicted molar refractivity (Wildman–Crippen MR) is 152 cm³/mol. The van der Waals surface area contributed by atoms with Crippen LogP contribution in [-0.4, -0.2) is 11.2 Å². The summed E-state index contributed by atoms with van der Waals surface area (Å²) in [7, 11) is 0. The molecule has 0 saturated carbocycles. The zero-order valence-electron chi connectivity index (χ0n) is 19.8. The van der Waals surface area contributed by atoms with Crippen molar-refractivity contribution in [1.29, 1.82) is 0 Å². The maximum Gasteiger partial charge on any atom is 0.271 e. The van der Waals surface area contributed by atoms with Gasteiger partial charge in [-0.05, 0) is 82.7 Å². The first-order chi connectivity index (χ1) is 17.9. The summed E-state index contributed by atoms with van der Waals surface area (Å²) in [5.74, 6) is 0.378. The van der Waals surface area contributed by atoms with E-state index in [0.29, 0.717) is 21.7 Å². The topological polar surface area (TPSA) is 43.6 Å². The molecule has 6 rings (SSSR count). The molecule has 37 heavy (non-hydrogen) atoms. The summed E-state index contributed by atoms with van der Waals surface area (Å²) in [4.78, 5) is 19.6. The molecule has 186 valence electrons. The van der Waals surface area contributed by atoms with Gasteiger partial charge in [-0.3, -0.25) is 9.36 Å². The number of rotatable bonds is 4.